The second-order valence-corrected chi connectivity index (χ2v) is 3.02. The fraction of sp³-hybridized carbons (Fsp3) is 0.400. The van der Waals surface area contributed by atoms with E-state index in [9.17, 15) is 5.11 Å². The molecule has 0 heterocycles. The van der Waals surface area contributed by atoms with E-state index in [-0.39, 0.29) is 0 Å². The van der Waals surface area contributed by atoms with E-state index >= 15 is 0 Å². The highest BCUT2D eigenvalue weighted by atomic mass is 16.3. The molecule has 3 N–H and O–H groups in total. The topological polar surface area (TPSA) is 46.2 Å². The summed E-state index contributed by atoms with van der Waals surface area (Å²) in [7, 11) is 0. The lowest BCUT2D eigenvalue weighted by molar-refractivity contribution is 0.222. The first-order valence-electron chi connectivity index (χ1n) is 4.18. The number of hydrogen-bond acceptors (Lipinski definition) is 2. The van der Waals surface area contributed by atoms with Crippen LogP contribution in [0.1, 0.15) is 19.8 Å². The van der Waals surface area contributed by atoms with Crippen molar-refractivity contribution in [3.63, 3.8) is 0 Å². The largest absolute Gasteiger partial charge is 0.399 e. The molecule has 1 rings (SSSR count). The van der Waals surface area contributed by atoms with Gasteiger partial charge < -0.3 is 10.8 Å². The zero-order valence-electron chi connectivity index (χ0n) is 7.38. The Labute approximate surface area is 73.1 Å². The maximum absolute atomic E-state index is 9.32. The molecule has 0 spiro atoms. The molecule has 12 heavy (non-hydrogen) atoms. The lowest BCUT2D eigenvalue weighted by Gasteiger charge is -2.18. The standard InChI is InChI=1S/C10H15NO/c1-3-7(2)9-6-8(12)4-5-10(9)11/h4-5,8,12H,2-3,6,11H2,1H3. The summed E-state index contributed by atoms with van der Waals surface area (Å²) in [5.41, 5.74) is 8.51. The third-order valence-corrected chi connectivity index (χ3v) is 2.11. The fourth-order valence-electron chi connectivity index (χ4n) is 1.27. The van der Waals surface area contributed by atoms with Gasteiger partial charge in [-0.05, 0) is 18.1 Å². The number of allylic oxidation sites excluding steroid dienone is 2. The number of aliphatic hydroxyl groups excluding tert-OH is 1. The summed E-state index contributed by atoms with van der Waals surface area (Å²) < 4.78 is 0. The smallest absolute Gasteiger partial charge is 0.0765 e. The number of nitrogens with two attached hydrogens (primary N) is 1. The van der Waals surface area contributed by atoms with Gasteiger partial charge in [-0.15, -0.1) is 0 Å². The monoisotopic (exact) mass is 165 g/mol. The molecule has 0 saturated carbocycles. The van der Waals surface area contributed by atoms with Gasteiger partial charge in [0.15, 0.2) is 0 Å². The molecule has 1 aliphatic carbocycles. The molecule has 0 radical (unpaired) electrons. The summed E-state index contributed by atoms with van der Waals surface area (Å²) in [6.45, 7) is 5.93. The Hall–Kier alpha value is -1.02. The van der Waals surface area contributed by atoms with E-state index in [1.54, 1.807) is 12.2 Å². The number of aliphatic hydroxyl groups is 1. The highest BCUT2D eigenvalue weighted by molar-refractivity contribution is 5.40. The van der Waals surface area contributed by atoms with E-state index in [1.165, 1.54) is 0 Å². The van der Waals surface area contributed by atoms with Crippen LogP contribution in [0.2, 0.25) is 0 Å². The normalized spacial score (nSPS) is 23.0. The summed E-state index contributed by atoms with van der Waals surface area (Å²) >= 11 is 0. The van der Waals surface area contributed by atoms with Gasteiger partial charge in [0.05, 0.1) is 6.10 Å². The average molecular weight is 165 g/mol. The molecule has 66 valence electrons. The van der Waals surface area contributed by atoms with Crippen LogP contribution in [0.25, 0.3) is 0 Å². The van der Waals surface area contributed by atoms with Crippen LogP contribution in [-0.2, 0) is 0 Å². The van der Waals surface area contributed by atoms with Crippen molar-refractivity contribution in [1.82, 2.24) is 0 Å². The molecular formula is C10H15NO. The Morgan fingerprint density at radius 2 is 2.50 bits per heavy atom. The third-order valence-electron chi connectivity index (χ3n) is 2.11. The minimum atomic E-state index is -0.393. The van der Waals surface area contributed by atoms with Gasteiger partial charge in [0, 0.05) is 12.1 Å². The molecule has 0 amide bonds. The molecular weight excluding hydrogens is 150 g/mol. The van der Waals surface area contributed by atoms with Gasteiger partial charge in [0.1, 0.15) is 0 Å². The molecule has 2 heteroatoms. The minimum absolute atomic E-state index is 0.393. The zero-order valence-corrected chi connectivity index (χ0v) is 7.38. The van der Waals surface area contributed by atoms with Crippen LogP contribution >= 0.6 is 0 Å². The van der Waals surface area contributed by atoms with Crippen molar-refractivity contribution < 1.29 is 5.11 Å². The van der Waals surface area contributed by atoms with Crippen molar-refractivity contribution in [2.75, 3.05) is 0 Å². The van der Waals surface area contributed by atoms with E-state index in [4.69, 9.17) is 5.73 Å². The Balaban J connectivity index is 2.86. The summed E-state index contributed by atoms with van der Waals surface area (Å²) in [4.78, 5) is 0. The van der Waals surface area contributed by atoms with E-state index in [0.29, 0.717) is 6.42 Å². The Morgan fingerprint density at radius 1 is 1.83 bits per heavy atom. The van der Waals surface area contributed by atoms with Crippen LogP contribution in [0, 0.1) is 0 Å². The van der Waals surface area contributed by atoms with Crippen molar-refractivity contribution in [3.05, 3.63) is 35.6 Å². The Kier molecular flexibility index (Phi) is 2.71. The number of hydrogen-bond donors (Lipinski definition) is 2. The first-order chi connectivity index (χ1) is 5.65. The highest BCUT2D eigenvalue weighted by Crippen LogP contribution is 2.23. The van der Waals surface area contributed by atoms with Gasteiger partial charge in [0.25, 0.3) is 0 Å². The molecule has 0 aromatic rings. The van der Waals surface area contributed by atoms with Gasteiger partial charge in [-0.3, -0.25) is 0 Å². The molecule has 0 saturated heterocycles. The van der Waals surface area contributed by atoms with Crippen LogP contribution in [0.4, 0.5) is 0 Å². The Morgan fingerprint density at radius 3 is 3.08 bits per heavy atom. The third kappa shape index (κ3) is 1.77. The van der Waals surface area contributed by atoms with E-state index < -0.39 is 6.10 Å². The van der Waals surface area contributed by atoms with Gasteiger partial charge in [-0.25, -0.2) is 0 Å². The van der Waals surface area contributed by atoms with Crippen molar-refractivity contribution in [1.29, 1.82) is 0 Å². The van der Waals surface area contributed by atoms with Gasteiger partial charge >= 0.3 is 0 Å². The molecule has 1 atom stereocenters. The molecule has 1 aliphatic rings. The highest BCUT2D eigenvalue weighted by Gasteiger charge is 2.13. The van der Waals surface area contributed by atoms with Gasteiger partial charge in [-0.2, -0.15) is 0 Å². The SMILES string of the molecule is C=C(CC)C1=C(N)C=CC(O)C1. The molecule has 0 aromatic heterocycles. The summed E-state index contributed by atoms with van der Waals surface area (Å²) in [5.74, 6) is 0. The van der Waals surface area contributed by atoms with Crippen LogP contribution < -0.4 is 5.73 Å². The van der Waals surface area contributed by atoms with Crippen LogP contribution in [-0.4, -0.2) is 11.2 Å². The predicted molar refractivity (Wildman–Crippen MR) is 50.4 cm³/mol. The summed E-state index contributed by atoms with van der Waals surface area (Å²) in [6.07, 6.45) is 4.56. The lowest BCUT2D eigenvalue weighted by Crippen LogP contribution is -2.14. The van der Waals surface area contributed by atoms with Crippen LogP contribution in [0.5, 0.6) is 0 Å². The quantitative estimate of drug-likeness (QED) is 0.651. The van der Waals surface area contributed by atoms with Crippen molar-refractivity contribution in [2.45, 2.75) is 25.9 Å². The second kappa shape index (κ2) is 3.59. The molecule has 1 unspecified atom stereocenters. The number of rotatable bonds is 2. The molecule has 0 bridgehead atoms. The van der Waals surface area contributed by atoms with E-state index in [1.807, 2.05) is 6.92 Å². The fourth-order valence-corrected chi connectivity index (χ4v) is 1.27. The first kappa shape index (κ1) is 9.07. The summed E-state index contributed by atoms with van der Waals surface area (Å²) in [6, 6.07) is 0. The maximum atomic E-state index is 9.32. The van der Waals surface area contributed by atoms with Gasteiger partial charge in [-0.1, -0.05) is 25.2 Å². The van der Waals surface area contributed by atoms with Crippen LogP contribution in [0.15, 0.2) is 35.6 Å². The van der Waals surface area contributed by atoms with Crippen molar-refractivity contribution in [2.24, 2.45) is 5.73 Å². The van der Waals surface area contributed by atoms with Gasteiger partial charge in [0.2, 0.25) is 0 Å². The zero-order chi connectivity index (χ0) is 9.14. The van der Waals surface area contributed by atoms with Crippen LogP contribution in [0.3, 0.4) is 0 Å². The van der Waals surface area contributed by atoms with Crippen molar-refractivity contribution >= 4 is 0 Å². The van der Waals surface area contributed by atoms with E-state index in [0.717, 1.165) is 23.3 Å². The molecule has 2 nitrogen and oxygen atoms in total. The predicted octanol–water partition coefficient (Wildman–Crippen LogP) is 1.49. The Bertz CT molecular complexity index is 251. The lowest BCUT2D eigenvalue weighted by atomic mass is 9.93. The van der Waals surface area contributed by atoms with Crippen molar-refractivity contribution in [3.8, 4) is 0 Å². The molecule has 0 aromatic carbocycles. The van der Waals surface area contributed by atoms with E-state index in [2.05, 4.69) is 6.58 Å². The first-order valence-corrected chi connectivity index (χ1v) is 4.18. The second-order valence-electron chi connectivity index (χ2n) is 3.02. The average Bonchev–Trinajstić information content (AvgIpc) is 2.08. The molecule has 0 aliphatic heterocycles. The minimum Gasteiger partial charge on any atom is -0.399 e. The summed E-state index contributed by atoms with van der Waals surface area (Å²) in [5, 5.41) is 9.32. The molecule has 0 fully saturated rings. The maximum Gasteiger partial charge on any atom is 0.0765 e.